The molecule has 2 rings (SSSR count). The number of esters is 2. The van der Waals surface area contributed by atoms with Gasteiger partial charge >= 0.3 is 11.9 Å². The Hall–Kier alpha value is -2.63. The minimum atomic E-state index is -0.443. The van der Waals surface area contributed by atoms with E-state index in [-0.39, 0.29) is 5.97 Å². The lowest BCUT2D eigenvalue weighted by atomic mass is 9.95. The monoisotopic (exact) mass is 317 g/mol. The summed E-state index contributed by atoms with van der Waals surface area (Å²) in [6.07, 6.45) is 0.571. The van der Waals surface area contributed by atoms with Crippen LogP contribution in [0, 0.1) is 13.8 Å². The molecule has 0 radical (unpaired) electrons. The highest BCUT2D eigenvalue weighted by molar-refractivity contribution is 5.89. The van der Waals surface area contributed by atoms with E-state index in [2.05, 4.69) is 9.89 Å². The van der Waals surface area contributed by atoms with Crippen molar-refractivity contribution in [2.45, 2.75) is 33.1 Å². The molecule has 0 fully saturated rings. The number of ether oxygens (including phenoxy) is 2. The van der Waals surface area contributed by atoms with Crippen molar-refractivity contribution in [1.82, 2.24) is 5.16 Å². The first kappa shape index (κ1) is 16.7. The van der Waals surface area contributed by atoms with Crippen molar-refractivity contribution in [1.29, 1.82) is 0 Å². The first-order chi connectivity index (χ1) is 11.0. The number of hydrogen-bond donors (Lipinski definition) is 0. The van der Waals surface area contributed by atoms with Gasteiger partial charge in [-0.15, -0.1) is 0 Å². The molecule has 0 aliphatic carbocycles. The molecule has 6 nitrogen and oxygen atoms in total. The number of benzene rings is 1. The molecule has 0 spiro atoms. The normalized spacial score (nSPS) is 11.8. The van der Waals surface area contributed by atoms with Gasteiger partial charge in [-0.05, 0) is 44.5 Å². The van der Waals surface area contributed by atoms with Gasteiger partial charge in [-0.25, -0.2) is 4.79 Å². The third-order valence-corrected chi connectivity index (χ3v) is 3.62. The summed E-state index contributed by atoms with van der Waals surface area (Å²) in [7, 11) is 1.31. The molecule has 1 atom stereocenters. The highest BCUT2D eigenvalue weighted by Gasteiger charge is 2.27. The van der Waals surface area contributed by atoms with Gasteiger partial charge in [-0.2, -0.15) is 0 Å². The smallest absolute Gasteiger partial charge is 0.337 e. The number of aromatic nitrogens is 1. The van der Waals surface area contributed by atoms with Crippen LogP contribution in [0.5, 0.6) is 5.75 Å². The number of nitrogens with zero attached hydrogens (tertiary/aromatic N) is 1. The average Bonchev–Trinajstić information content (AvgIpc) is 2.88. The van der Waals surface area contributed by atoms with E-state index in [4.69, 9.17) is 9.26 Å². The largest absolute Gasteiger partial charge is 0.465 e. The first-order valence-corrected chi connectivity index (χ1v) is 7.30. The van der Waals surface area contributed by atoms with Crippen molar-refractivity contribution in [3.8, 4) is 5.75 Å². The summed E-state index contributed by atoms with van der Waals surface area (Å²) in [6, 6.07) is 6.21. The highest BCUT2D eigenvalue weighted by atomic mass is 16.5. The van der Waals surface area contributed by atoms with Crippen LogP contribution in [0.25, 0.3) is 0 Å². The molecule has 122 valence electrons. The second-order valence-electron chi connectivity index (χ2n) is 5.14. The number of rotatable bonds is 5. The number of methoxy groups -OCH3 is 1. The van der Waals surface area contributed by atoms with Crippen molar-refractivity contribution in [2.75, 3.05) is 7.11 Å². The number of aryl methyl sites for hydroxylation is 2. The van der Waals surface area contributed by atoms with E-state index in [0.717, 1.165) is 5.56 Å². The molecule has 1 aromatic carbocycles. The Bertz CT molecular complexity index is 683. The second-order valence-corrected chi connectivity index (χ2v) is 5.14. The lowest BCUT2D eigenvalue weighted by Gasteiger charge is -2.14. The van der Waals surface area contributed by atoms with Crippen LogP contribution in [0.1, 0.15) is 46.6 Å². The molecule has 6 heteroatoms. The van der Waals surface area contributed by atoms with Gasteiger partial charge in [0.2, 0.25) is 0 Å². The quantitative estimate of drug-likeness (QED) is 0.622. The molecule has 1 heterocycles. The average molecular weight is 317 g/mol. The van der Waals surface area contributed by atoms with Gasteiger partial charge in [0.05, 0.1) is 24.3 Å². The summed E-state index contributed by atoms with van der Waals surface area (Å²) in [6.45, 7) is 5.47. The van der Waals surface area contributed by atoms with Crippen LogP contribution in [0.4, 0.5) is 0 Å². The molecule has 23 heavy (non-hydrogen) atoms. The fraction of sp³-hybridized carbons (Fsp3) is 0.353. The molecule has 0 amide bonds. The standard InChI is InChI=1S/C17H19NO5/c1-5-14(15-10(2)18-23-11(15)3)17(20)22-13-8-6-12(7-9-13)16(19)21-4/h6-9,14H,5H2,1-4H3. The topological polar surface area (TPSA) is 78.6 Å². The SMILES string of the molecule is CCC(C(=O)Oc1ccc(C(=O)OC)cc1)c1c(C)noc1C. The molecule has 0 aliphatic heterocycles. The zero-order valence-electron chi connectivity index (χ0n) is 13.6. The number of carbonyl (C=O) groups excluding carboxylic acids is 2. The predicted molar refractivity (Wildman–Crippen MR) is 82.4 cm³/mol. The summed E-state index contributed by atoms with van der Waals surface area (Å²) in [4.78, 5) is 23.8. The molecular weight excluding hydrogens is 298 g/mol. The second kappa shape index (κ2) is 7.09. The van der Waals surface area contributed by atoms with E-state index < -0.39 is 11.9 Å². The molecule has 1 unspecified atom stereocenters. The third-order valence-electron chi connectivity index (χ3n) is 3.62. The lowest BCUT2D eigenvalue weighted by Crippen LogP contribution is -2.19. The minimum Gasteiger partial charge on any atom is -0.465 e. The van der Waals surface area contributed by atoms with Crippen LogP contribution in [-0.4, -0.2) is 24.2 Å². The van der Waals surface area contributed by atoms with E-state index in [1.165, 1.54) is 7.11 Å². The molecule has 0 bridgehead atoms. The van der Waals surface area contributed by atoms with E-state index in [1.54, 1.807) is 38.1 Å². The molecule has 1 aromatic heterocycles. The first-order valence-electron chi connectivity index (χ1n) is 7.30. The molecule has 0 N–H and O–H groups in total. The van der Waals surface area contributed by atoms with E-state index in [9.17, 15) is 9.59 Å². The van der Waals surface area contributed by atoms with E-state index in [0.29, 0.717) is 29.2 Å². The van der Waals surface area contributed by atoms with Crippen molar-refractivity contribution in [3.63, 3.8) is 0 Å². The van der Waals surface area contributed by atoms with Gasteiger partial charge in [0, 0.05) is 5.56 Å². The third kappa shape index (κ3) is 3.59. The minimum absolute atomic E-state index is 0.368. The maximum Gasteiger partial charge on any atom is 0.337 e. The van der Waals surface area contributed by atoms with Crippen molar-refractivity contribution < 1.29 is 23.6 Å². The van der Waals surface area contributed by atoms with Gasteiger partial charge in [0.25, 0.3) is 0 Å². The van der Waals surface area contributed by atoms with Crippen molar-refractivity contribution in [3.05, 3.63) is 46.8 Å². The van der Waals surface area contributed by atoms with Gasteiger partial charge in [0.1, 0.15) is 11.5 Å². The van der Waals surface area contributed by atoms with E-state index >= 15 is 0 Å². The summed E-state index contributed by atoms with van der Waals surface area (Å²) >= 11 is 0. The predicted octanol–water partition coefficient (Wildman–Crippen LogP) is 3.18. The number of hydrogen-bond acceptors (Lipinski definition) is 6. The van der Waals surface area contributed by atoms with Crippen LogP contribution in [0.2, 0.25) is 0 Å². The van der Waals surface area contributed by atoms with Gasteiger partial charge in [-0.3, -0.25) is 4.79 Å². The Kier molecular flexibility index (Phi) is 5.16. The maximum absolute atomic E-state index is 12.4. The summed E-state index contributed by atoms with van der Waals surface area (Å²) in [5, 5.41) is 3.88. The Morgan fingerprint density at radius 3 is 2.35 bits per heavy atom. The van der Waals surface area contributed by atoms with Gasteiger partial charge in [0.15, 0.2) is 0 Å². The molecule has 0 aliphatic rings. The van der Waals surface area contributed by atoms with E-state index in [1.807, 2.05) is 6.92 Å². The Morgan fingerprint density at radius 1 is 1.22 bits per heavy atom. The van der Waals surface area contributed by atoms with Gasteiger partial charge < -0.3 is 14.0 Å². The Balaban J connectivity index is 2.15. The molecule has 0 saturated carbocycles. The van der Waals surface area contributed by atoms with Gasteiger partial charge in [-0.1, -0.05) is 12.1 Å². The number of carbonyl (C=O) groups is 2. The summed E-state index contributed by atoms with van der Waals surface area (Å²) in [5.41, 5.74) is 1.85. The van der Waals surface area contributed by atoms with Crippen LogP contribution >= 0.6 is 0 Å². The van der Waals surface area contributed by atoms with Crippen LogP contribution in [0.3, 0.4) is 0 Å². The van der Waals surface area contributed by atoms with Crippen molar-refractivity contribution >= 4 is 11.9 Å². The Labute approximate surface area is 134 Å². The maximum atomic E-state index is 12.4. The molecule has 2 aromatic rings. The zero-order valence-corrected chi connectivity index (χ0v) is 13.6. The highest BCUT2D eigenvalue weighted by Crippen LogP contribution is 2.28. The van der Waals surface area contributed by atoms with Crippen molar-refractivity contribution in [2.24, 2.45) is 0 Å². The Morgan fingerprint density at radius 2 is 1.87 bits per heavy atom. The zero-order chi connectivity index (χ0) is 17.0. The molecule has 0 saturated heterocycles. The summed E-state index contributed by atoms with van der Waals surface area (Å²) in [5.74, 6) is -0.278. The van der Waals surface area contributed by atoms with Crippen LogP contribution in [0.15, 0.2) is 28.8 Å². The lowest BCUT2D eigenvalue weighted by molar-refractivity contribution is -0.136. The fourth-order valence-corrected chi connectivity index (χ4v) is 2.44. The summed E-state index contributed by atoms with van der Waals surface area (Å²) < 4.78 is 15.2. The molecular formula is C17H19NO5. The van der Waals surface area contributed by atoms with Crippen LogP contribution in [-0.2, 0) is 9.53 Å². The fourth-order valence-electron chi connectivity index (χ4n) is 2.44. The van der Waals surface area contributed by atoms with Crippen LogP contribution < -0.4 is 4.74 Å².